The summed E-state index contributed by atoms with van der Waals surface area (Å²) >= 11 is 0. The standard InChI is InChI=1S/C14H20N4O2S/c1-21(19,20)8-7-18-6-4-12(11-18)10-17-14-13(9-15)3-2-5-16-14/h2-3,5,12H,4,6-8,10-11H2,1H3,(H,16,17). The van der Waals surface area contributed by atoms with E-state index in [4.69, 9.17) is 5.26 Å². The summed E-state index contributed by atoms with van der Waals surface area (Å²) in [6.45, 7) is 3.16. The van der Waals surface area contributed by atoms with E-state index in [9.17, 15) is 8.42 Å². The fourth-order valence-corrected chi connectivity index (χ4v) is 3.04. The van der Waals surface area contributed by atoms with E-state index < -0.39 is 9.84 Å². The molecule has 0 radical (unpaired) electrons. The summed E-state index contributed by atoms with van der Waals surface area (Å²) in [5, 5.41) is 12.2. The summed E-state index contributed by atoms with van der Waals surface area (Å²) in [7, 11) is -2.90. The van der Waals surface area contributed by atoms with Gasteiger partial charge in [0.25, 0.3) is 0 Å². The minimum Gasteiger partial charge on any atom is -0.369 e. The molecule has 0 aliphatic carbocycles. The number of anilines is 1. The maximum atomic E-state index is 11.2. The first-order valence-corrected chi connectivity index (χ1v) is 9.03. The summed E-state index contributed by atoms with van der Waals surface area (Å²) in [4.78, 5) is 6.35. The average Bonchev–Trinajstić information content (AvgIpc) is 2.90. The third-order valence-corrected chi connectivity index (χ3v) is 4.56. The molecule has 1 atom stereocenters. The minimum absolute atomic E-state index is 0.214. The number of likely N-dealkylation sites (tertiary alicyclic amines) is 1. The summed E-state index contributed by atoms with van der Waals surface area (Å²) in [6.07, 6.45) is 3.97. The molecule has 1 aliphatic heterocycles. The van der Waals surface area contributed by atoms with Crippen molar-refractivity contribution in [2.45, 2.75) is 6.42 Å². The summed E-state index contributed by atoms with van der Waals surface area (Å²) < 4.78 is 22.3. The number of nitrogens with one attached hydrogen (secondary N) is 1. The molecule has 0 spiro atoms. The Balaban J connectivity index is 1.79. The SMILES string of the molecule is CS(=O)(=O)CCN1CCC(CNc2ncccc2C#N)C1. The topological polar surface area (TPSA) is 86.1 Å². The number of pyridine rings is 1. The average molecular weight is 308 g/mol. The Morgan fingerprint density at radius 2 is 2.38 bits per heavy atom. The second kappa shape index (κ2) is 6.87. The van der Waals surface area contributed by atoms with Crippen LogP contribution in [0, 0.1) is 17.2 Å². The van der Waals surface area contributed by atoms with Gasteiger partial charge in [-0.15, -0.1) is 0 Å². The molecular formula is C14H20N4O2S. The first-order valence-electron chi connectivity index (χ1n) is 6.97. The first-order chi connectivity index (χ1) is 9.98. The fraction of sp³-hybridized carbons (Fsp3) is 0.571. The highest BCUT2D eigenvalue weighted by molar-refractivity contribution is 7.90. The van der Waals surface area contributed by atoms with Crippen molar-refractivity contribution in [3.05, 3.63) is 23.9 Å². The van der Waals surface area contributed by atoms with Crippen LogP contribution >= 0.6 is 0 Å². The second-order valence-electron chi connectivity index (χ2n) is 5.48. The second-order valence-corrected chi connectivity index (χ2v) is 7.74. The van der Waals surface area contributed by atoms with E-state index in [1.807, 2.05) is 0 Å². The summed E-state index contributed by atoms with van der Waals surface area (Å²) in [6, 6.07) is 5.60. The van der Waals surface area contributed by atoms with Gasteiger partial charge in [-0.3, -0.25) is 0 Å². The van der Waals surface area contributed by atoms with E-state index in [1.165, 1.54) is 6.26 Å². The molecule has 1 fully saturated rings. The van der Waals surface area contributed by atoms with E-state index >= 15 is 0 Å². The maximum absolute atomic E-state index is 11.2. The van der Waals surface area contributed by atoms with Gasteiger partial charge < -0.3 is 10.2 Å². The van der Waals surface area contributed by atoms with Gasteiger partial charge in [-0.05, 0) is 31.0 Å². The number of nitrogens with zero attached hydrogens (tertiary/aromatic N) is 3. The van der Waals surface area contributed by atoms with Gasteiger partial charge in [0.05, 0.1) is 11.3 Å². The molecule has 1 unspecified atom stereocenters. The monoisotopic (exact) mass is 308 g/mol. The van der Waals surface area contributed by atoms with Gasteiger partial charge in [0.15, 0.2) is 0 Å². The maximum Gasteiger partial charge on any atom is 0.148 e. The van der Waals surface area contributed by atoms with Crippen LogP contribution in [0.4, 0.5) is 5.82 Å². The Bertz CT molecular complexity index is 624. The highest BCUT2D eigenvalue weighted by Gasteiger charge is 2.23. The van der Waals surface area contributed by atoms with Crippen LogP contribution in [-0.2, 0) is 9.84 Å². The Hall–Kier alpha value is -1.65. The molecule has 7 heteroatoms. The molecule has 114 valence electrons. The summed E-state index contributed by atoms with van der Waals surface area (Å²) in [5.74, 6) is 1.29. The van der Waals surface area contributed by atoms with E-state index in [2.05, 4.69) is 21.3 Å². The van der Waals surface area contributed by atoms with Crippen LogP contribution in [0.3, 0.4) is 0 Å². The van der Waals surface area contributed by atoms with Gasteiger partial charge in [-0.2, -0.15) is 5.26 Å². The van der Waals surface area contributed by atoms with Crippen LogP contribution in [0.5, 0.6) is 0 Å². The fourth-order valence-electron chi connectivity index (χ4n) is 2.45. The Kier molecular flexibility index (Phi) is 5.15. The zero-order valence-corrected chi connectivity index (χ0v) is 12.9. The third kappa shape index (κ3) is 4.99. The lowest BCUT2D eigenvalue weighted by atomic mass is 10.1. The lowest BCUT2D eigenvalue weighted by Gasteiger charge is -2.16. The summed E-state index contributed by atoms with van der Waals surface area (Å²) in [5.41, 5.74) is 0.546. The Morgan fingerprint density at radius 1 is 1.57 bits per heavy atom. The molecule has 0 saturated carbocycles. The van der Waals surface area contributed by atoms with Crippen molar-refractivity contribution in [1.29, 1.82) is 5.26 Å². The predicted octanol–water partition coefficient (Wildman–Crippen LogP) is 0.732. The number of rotatable bonds is 6. The van der Waals surface area contributed by atoms with E-state index in [1.54, 1.807) is 18.3 Å². The molecular weight excluding hydrogens is 288 g/mol. The van der Waals surface area contributed by atoms with Crippen LogP contribution in [0.1, 0.15) is 12.0 Å². The van der Waals surface area contributed by atoms with Crippen molar-refractivity contribution in [2.75, 3.05) is 43.5 Å². The normalized spacial score (nSPS) is 19.3. The minimum atomic E-state index is -2.90. The predicted molar refractivity (Wildman–Crippen MR) is 81.7 cm³/mol. The van der Waals surface area contributed by atoms with Gasteiger partial charge in [0, 0.05) is 32.1 Å². The third-order valence-electron chi connectivity index (χ3n) is 3.63. The Morgan fingerprint density at radius 3 is 3.10 bits per heavy atom. The number of aromatic nitrogens is 1. The van der Waals surface area contributed by atoms with Gasteiger partial charge in [0.1, 0.15) is 21.7 Å². The van der Waals surface area contributed by atoms with Crippen molar-refractivity contribution in [3.63, 3.8) is 0 Å². The highest BCUT2D eigenvalue weighted by atomic mass is 32.2. The van der Waals surface area contributed by atoms with Gasteiger partial charge in [0.2, 0.25) is 0 Å². The van der Waals surface area contributed by atoms with Crippen LogP contribution < -0.4 is 5.32 Å². The lowest BCUT2D eigenvalue weighted by Crippen LogP contribution is -2.28. The Labute approximate surface area is 125 Å². The molecule has 0 bridgehead atoms. The van der Waals surface area contributed by atoms with Crippen molar-refractivity contribution in [1.82, 2.24) is 9.88 Å². The quantitative estimate of drug-likeness (QED) is 0.834. The van der Waals surface area contributed by atoms with Gasteiger partial charge in [-0.1, -0.05) is 0 Å². The molecule has 1 saturated heterocycles. The van der Waals surface area contributed by atoms with Gasteiger partial charge in [-0.25, -0.2) is 13.4 Å². The van der Waals surface area contributed by atoms with Crippen molar-refractivity contribution in [3.8, 4) is 6.07 Å². The molecule has 6 nitrogen and oxygen atoms in total. The number of nitriles is 1. The zero-order chi connectivity index (χ0) is 15.3. The van der Waals surface area contributed by atoms with Crippen molar-refractivity contribution >= 4 is 15.7 Å². The van der Waals surface area contributed by atoms with Gasteiger partial charge >= 0.3 is 0 Å². The molecule has 0 amide bonds. The smallest absolute Gasteiger partial charge is 0.148 e. The van der Waals surface area contributed by atoms with E-state index in [0.29, 0.717) is 23.8 Å². The zero-order valence-electron chi connectivity index (χ0n) is 12.1. The van der Waals surface area contributed by atoms with Crippen LogP contribution in [0.25, 0.3) is 0 Å². The van der Waals surface area contributed by atoms with E-state index in [0.717, 1.165) is 26.1 Å². The van der Waals surface area contributed by atoms with Crippen LogP contribution in [0.2, 0.25) is 0 Å². The molecule has 21 heavy (non-hydrogen) atoms. The van der Waals surface area contributed by atoms with Crippen molar-refractivity contribution < 1.29 is 8.42 Å². The molecule has 2 heterocycles. The number of hydrogen-bond donors (Lipinski definition) is 1. The van der Waals surface area contributed by atoms with Crippen LogP contribution in [-0.4, -0.2) is 56.5 Å². The molecule has 0 aromatic carbocycles. The molecule has 1 N–H and O–H groups in total. The lowest BCUT2D eigenvalue weighted by molar-refractivity contribution is 0.345. The molecule has 1 aromatic heterocycles. The first kappa shape index (κ1) is 15.7. The molecule has 1 aliphatic rings. The number of sulfone groups is 1. The molecule has 2 rings (SSSR count). The number of hydrogen-bond acceptors (Lipinski definition) is 6. The molecule has 1 aromatic rings. The largest absolute Gasteiger partial charge is 0.369 e. The van der Waals surface area contributed by atoms with E-state index in [-0.39, 0.29) is 5.75 Å². The van der Waals surface area contributed by atoms with Crippen molar-refractivity contribution in [2.24, 2.45) is 5.92 Å². The highest BCUT2D eigenvalue weighted by Crippen LogP contribution is 2.18. The van der Waals surface area contributed by atoms with Crippen LogP contribution in [0.15, 0.2) is 18.3 Å².